The summed E-state index contributed by atoms with van der Waals surface area (Å²) in [6, 6.07) is 8.52. The first kappa shape index (κ1) is 16.0. The van der Waals surface area contributed by atoms with E-state index < -0.39 is 26.4 Å². The van der Waals surface area contributed by atoms with Crippen LogP contribution in [-0.2, 0) is 0 Å². The van der Waals surface area contributed by atoms with E-state index in [0.717, 1.165) is 11.8 Å². The molecule has 0 spiro atoms. The molecular formula is C14H10FIN3O3-. The van der Waals surface area contributed by atoms with E-state index >= 15 is 0 Å². The monoisotopic (exact) mass is 414 g/mol. The van der Waals surface area contributed by atoms with Gasteiger partial charge in [0.15, 0.2) is 0 Å². The Balaban J connectivity index is 1.87. The number of carbonyl (C=O) groups excluding carboxylic acids is 1. The van der Waals surface area contributed by atoms with Crippen LogP contribution < -0.4 is 25.0 Å². The van der Waals surface area contributed by atoms with Crippen molar-refractivity contribution in [3.8, 4) is 0 Å². The van der Waals surface area contributed by atoms with Gasteiger partial charge in [-0.3, -0.25) is 0 Å². The molecule has 0 unspecified atom stereocenters. The Morgan fingerprint density at radius 1 is 1.27 bits per heavy atom. The van der Waals surface area contributed by atoms with Crippen LogP contribution in [0, 0.1) is 15.9 Å². The van der Waals surface area contributed by atoms with E-state index in [0.29, 0.717) is 0 Å². The Morgan fingerprint density at radius 2 is 2.00 bits per heavy atom. The number of hydrogen-bond donors (Lipinski definition) is 1. The van der Waals surface area contributed by atoms with Crippen molar-refractivity contribution in [2.24, 2.45) is 0 Å². The molecule has 1 aromatic heterocycles. The fraction of sp³-hybridized carbons (Fsp3) is 0. The molecule has 6 nitrogen and oxygen atoms in total. The number of amides is 1. The van der Waals surface area contributed by atoms with Gasteiger partial charge in [-0.1, -0.05) is 0 Å². The average Bonchev–Trinajstić information content (AvgIpc) is 2.53. The molecule has 1 amide bonds. The third kappa shape index (κ3) is 4.58. The number of carbonyl (C=O) groups is 1. The first-order valence-corrected chi connectivity index (χ1v) is 8.34. The molecule has 0 fully saturated rings. The van der Waals surface area contributed by atoms with Gasteiger partial charge in [0.1, 0.15) is 0 Å². The molecule has 22 heavy (non-hydrogen) atoms. The number of nitrogens with zero attached hydrogens (tertiary/aromatic N) is 2. The molecule has 0 saturated heterocycles. The van der Waals surface area contributed by atoms with E-state index in [2.05, 4.69) is 8.51 Å². The molecule has 0 aliphatic heterocycles. The van der Waals surface area contributed by atoms with Crippen molar-refractivity contribution in [3.05, 3.63) is 73.9 Å². The second-order valence-electron chi connectivity index (χ2n) is 4.04. The number of benzene rings is 1. The molecule has 0 saturated carbocycles. The predicted octanol–water partition coefficient (Wildman–Crippen LogP) is -0.466. The molecule has 8 heteroatoms. The molecular weight excluding hydrogens is 404 g/mol. The van der Waals surface area contributed by atoms with Crippen LogP contribution in [-0.4, -0.2) is 15.8 Å². The molecule has 2 aromatic rings. The summed E-state index contributed by atoms with van der Waals surface area (Å²) in [6.45, 7) is 0. The molecule has 0 radical (unpaired) electrons. The number of nitrogens with one attached hydrogen (secondary N) is 1. The maximum atomic E-state index is 12.7. The van der Waals surface area contributed by atoms with Crippen LogP contribution >= 0.6 is 0 Å². The normalized spacial score (nSPS) is 10.8. The summed E-state index contributed by atoms with van der Waals surface area (Å²) in [6.07, 6.45) is 2.83. The van der Waals surface area contributed by atoms with Gasteiger partial charge in [-0.15, -0.1) is 0 Å². The van der Waals surface area contributed by atoms with Crippen molar-refractivity contribution in [3.63, 3.8) is 0 Å². The van der Waals surface area contributed by atoms with Crippen LogP contribution in [0.4, 0.5) is 10.1 Å². The standard InChI is InChI=1S/C14H10FIN3O3/c15-11-3-1-10(2-4-11)7-8-16-18-14(20)13-6-5-12(9-17-13)19(21)22/h1-9H,(H,18,20)/q-1/b8-7+. The zero-order valence-electron chi connectivity index (χ0n) is 11.1. The Morgan fingerprint density at radius 3 is 2.59 bits per heavy atom. The zero-order chi connectivity index (χ0) is 15.9. The van der Waals surface area contributed by atoms with Gasteiger partial charge in [-0.05, 0) is 0 Å². The molecule has 1 heterocycles. The first-order chi connectivity index (χ1) is 10.6. The van der Waals surface area contributed by atoms with E-state index in [1.54, 1.807) is 18.2 Å². The number of halogens is 2. The van der Waals surface area contributed by atoms with Crippen LogP contribution in [0.3, 0.4) is 0 Å². The second-order valence-corrected chi connectivity index (χ2v) is 5.92. The summed E-state index contributed by atoms with van der Waals surface area (Å²) in [5.74, 6) is -0.684. The van der Waals surface area contributed by atoms with Gasteiger partial charge in [0.25, 0.3) is 0 Å². The fourth-order valence-corrected chi connectivity index (χ4v) is 2.77. The fourth-order valence-electron chi connectivity index (χ4n) is 1.44. The van der Waals surface area contributed by atoms with Crippen molar-refractivity contribution in [2.45, 2.75) is 0 Å². The second kappa shape index (κ2) is 7.59. The summed E-state index contributed by atoms with van der Waals surface area (Å²) in [4.78, 5) is 25.4. The Hall–Kier alpha value is -2.36. The summed E-state index contributed by atoms with van der Waals surface area (Å²) < 4.78 is 17.2. The molecule has 0 bridgehead atoms. The average molecular weight is 414 g/mol. The molecule has 114 valence electrons. The first-order valence-electron chi connectivity index (χ1n) is 6.01. The van der Waals surface area contributed by atoms with Gasteiger partial charge >= 0.3 is 136 Å². The maximum absolute atomic E-state index is 12.7. The predicted molar refractivity (Wildman–Crippen MR) is 73.8 cm³/mol. The Bertz CT molecular complexity index is 702. The summed E-state index contributed by atoms with van der Waals surface area (Å²) in [7, 11) is 0. The number of hydrogen-bond acceptors (Lipinski definition) is 4. The topological polar surface area (TPSA) is 85.1 Å². The molecule has 1 aromatic carbocycles. The van der Waals surface area contributed by atoms with E-state index in [9.17, 15) is 19.3 Å². The van der Waals surface area contributed by atoms with Crippen LogP contribution in [0.25, 0.3) is 6.08 Å². The van der Waals surface area contributed by atoms with Crippen LogP contribution in [0.15, 0.2) is 46.7 Å². The summed E-state index contributed by atoms with van der Waals surface area (Å²) >= 11 is -0.743. The third-order valence-electron chi connectivity index (χ3n) is 2.52. The number of rotatable bonds is 5. The molecule has 2 rings (SSSR count). The van der Waals surface area contributed by atoms with Gasteiger partial charge in [0.2, 0.25) is 0 Å². The van der Waals surface area contributed by atoms with Crippen LogP contribution in [0.5, 0.6) is 0 Å². The van der Waals surface area contributed by atoms with Gasteiger partial charge in [-0.2, -0.15) is 0 Å². The minimum atomic E-state index is -0.743. The molecule has 1 N–H and O–H groups in total. The number of aromatic nitrogens is 1. The van der Waals surface area contributed by atoms with Gasteiger partial charge in [0, 0.05) is 0 Å². The number of pyridine rings is 1. The molecule has 0 atom stereocenters. The van der Waals surface area contributed by atoms with Crippen LogP contribution in [0.2, 0.25) is 0 Å². The summed E-state index contributed by atoms with van der Waals surface area (Å²) in [5.41, 5.74) is 0.798. The molecule has 0 aliphatic carbocycles. The Labute approximate surface area is 135 Å². The van der Waals surface area contributed by atoms with E-state index in [1.165, 1.54) is 24.3 Å². The quantitative estimate of drug-likeness (QED) is 0.311. The van der Waals surface area contributed by atoms with E-state index in [-0.39, 0.29) is 23.1 Å². The third-order valence-corrected chi connectivity index (χ3v) is 4.04. The SMILES string of the molecule is O=C(N[I-]/C=C/c1ccc(F)cc1)c1ccc([N+](=O)[O-])cn1. The van der Waals surface area contributed by atoms with Crippen molar-refractivity contribution in [1.29, 1.82) is 0 Å². The van der Waals surface area contributed by atoms with Gasteiger partial charge in [0.05, 0.1) is 0 Å². The van der Waals surface area contributed by atoms with Crippen molar-refractivity contribution >= 4 is 17.7 Å². The van der Waals surface area contributed by atoms with E-state index in [4.69, 9.17) is 0 Å². The minimum absolute atomic E-state index is 0.125. The van der Waals surface area contributed by atoms with E-state index in [1.807, 2.05) is 4.08 Å². The van der Waals surface area contributed by atoms with Crippen molar-refractivity contribution in [1.82, 2.24) is 8.51 Å². The number of nitro groups is 1. The van der Waals surface area contributed by atoms with Gasteiger partial charge < -0.3 is 0 Å². The van der Waals surface area contributed by atoms with Crippen molar-refractivity contribution in [2.75, 3.05) is 0 Å². The van der Waals surface area contributed by atoms with Crippen molar-refractivity contribution < 1.29 is 35.6 Å². The molecule has 0 aliphatic rings. The van der Waals surface area contributed by atoms with Gasteiger partial charge in [-0.25, -0.2) is 0 Å². The summed E-state index contributed by atoms with van der Waals surface area (Å²) in [5, 5.41) is 10.5. The Kier molecular flexibility index (Phi) is 5.53. The van der Waals surface area contributed by atoms with Crippen LogP contribution in [0.1, 0.15) is 16.1 Å². The zero-order valence-corrected chi connectivity index (χ0v) is 13.2.